The SMILES string of the molecule is CO[C@@H]1O[C@@H]([C@@](C)(N)C(=O)O)[C@@H](O)[C@H]1O. The number of ether oxygens (including phenoxy) is 2. The van der Waals surface area contributed by atoms with Gasteiger partial charge in [0, 0.05) is 7.11 Å². The second-order valence-corrected chi connectivity index (χ2v) is 3.73. The zero-order valence-electron chi connectivity index (χ0n) is 8.45. The lowest BCUT2D eigenvalue weighted by molar-refractivity contribution is -0.169. The van der Waals surface area contributed by atoms with Crippen molar-refractivity contribution in [2.75, 3.05) is 7.11 Å². The number of hydrogen-bond acceptors (Lipinski definition) is 6. The van der Waals surface area contributed by atoms with E-state index in [-0.39, 0.29) is 0 Å². The summed E-state index contributed by atoms with van der Waals surface area (Å²) in [6.45, 7) is 1.20. The molecule has 5 N–H and O–H groups in total. The first kappa shape index (κ1) is 12.3. The zero-order chi connectivity index (χ0) is 11.8. The second kappa shape index (κ2) is 4.03. The third kappa shape index (κ3) is 1.97. The van der Waals surface area contributed by atoms with Gasteiger partial charge in [0.2, 0.25) is 0 Å². The Morgan fingerprint density at radius 3 is 2.33 bits per heavy atom. The molecule has 1 heterocycles. The Bertz CT molecular complexity index is 256. The van der Waals surface area contributed by atoms with Gasteiger partial charge >= 0.3 is 5.97 Å². The lowest BCUT2D eigenvalue weighted by atomic mass is 9.91. The zero-order valence-corrected chi connectivity index (χ0v) is 8.45. The quantitative estimate of drug-likeness (QED) is 0.429. The van der Waals surface area contributed by atoms with Crippen LogP contribution >= 0.6 is 0 Å². The number of rotatable bonds is 3. The molecule has 0 saturated carbocycles. The van der Waals surface area contributed by atoms with Gasteiger partial charge in [-0.2, -0.15) is 0 Å². The van der Waals surface area contributed by atoms with Crippen molar-refractivity contribution in [2.24, 2.45) is 5.73 Å². The summed E-state index contributed by atoms with van der Waals surface area (Å²) in [7, 11) is 1.28. The Kier molecular flexibility index (Phi) is 3.31. The first-order chi connectivity index (χ1) is 6.82. The fraction of sp³-hybridized carbons (Fsp3) is 0.875. The highest BCUT2D eigenvalue weighted by Gasteiger charge is 2.53. The van der Waals surface area contributed by atoms with E-state index >= 15 is 0 Å². The summed E-state index contributed by atoms with van der Waals surface area (Å²) >= 11 is 0. The van der Waals surface area contributed by atoms with Gasteiger partial charge in [0.1, 0.15) is 23.9 Å². The maximum Gasteiger partial charge on any atom is 0.326 e. The summed E-state index contributed by atoms with van der Waals surface area (Å²) in [5, 5.41) is 27.8. The van der Waals surface area contributed by atoms with Crippen molar-refractivity contribution >= 4 is 5.97 Å². The van der Waals surface area contributed by atoms with Gasteiger partial charge in [-0.25, -0.2) is 0 Å². The minimum atomic E-state index is -1.78. The van der Waals surface area contributed by atoms with E-state index in [0.29, 0.717) is 0 Å². The summed E-state index contributed by atoms with van der Waals surface area (Å²) < 4.78 is 9.75. The molecule has 1 aliphatic heterocycles. The molecule has 0 aliphatic carbocycles. The molecule has 0 radical (unpaired) electrons. The van der Waals surface area contributed by atoms with E-state index in [9.17, 15) is 15.0 Å². The number of carbonyl (C=O) groups is 1. The number of aliphatic hydroxyl groups excluding tert-OH is 2. The Hall–Kier alpha value is -0.730. The van der Waals surface area contributed by atoms with Crippen LogP contribution in [-0.4, -0.2) is 58.5 Å². The molecular weight excluding hydrogens is 206 g/mol. The Balaban J connectivity index is 2.86. The molecule has 7 nitrogen and oxygen atoms in total. The molecule has 5 atom stereocenters. The summed E-state index contributed by atoms with van der Waals surface area (Å²) in [6, 6.07) is 0. The molecule has 0 unspecified atom stereocenters. The number of methoxy groups -OCH3 is 1. The standard InChI is InChI=1S/C8H15NO6/c1-8(9,7(12)13)5-3(10)4(11)6(14-2)15-5/h3-6,10-11H,9H2,1-2H3,(H,12,13)/t3-,4+,5+,6+,8+/m0/s1. The topological polar surface area (TPSA) is 122 Å². The minimum Gasteiger partial charge on any atom is -0.480 e. The van der Waals surface area contributed by atoms with Crippen LogP contribution in [0.3, 0.4) is 0 Å². The van der Waals surface area contributed by atoms with E-state index in [0.717, 1.165) is 0 Å². The Morgan fingerprint density at radius 1 is 1.47 bits per heavy atom. The molecule has 1 rings (SSSR count). The molecule has 1 fully saturated rings. The first-order valence-electron chi connectivity index (χ1n) is 4.39. The van der Waals surface area contributed by atoms with E-state index in [2.05, 4.69) is 0 Å². The second-order valence-electron chi connectivity index (χ2n) is 3.73. The Labute approximate surface area is 86.4 Å². The van der Waals surface area contributed by atoms with Crippen molar-refractivity contribution in [3.05, 3.63) is 0 Å². The van der Waals surface area contributed by atoms with Gasteiger partial charge in [-0.3, -0.25) is 4.79 Å². The molecule has 0 aromatic carbocycles. The van der Waals surface area contributed by atoms with Crippen molar-refractivity contribution in [3.8, 4) is 0 Å². The fourth-order valence-corrected chi connectivity index (χ4v) is 1.46. The third-order valence-electron chi connectivity index (χ3n) is 2.50. The van der Waals surface area contributed by atoms with Crippen LogP contribution < -0.4 is 5.73 Å². The molecule has 0 bridgehead atoms. The monoisotopic (exact) mass is 221 g/mol. The van der Waals surface area contributed by atoms with Crippen molar-refractivity contribution < 1.29 is 29.6 Å². The van der Waals surface area contributed by atoms with Crippen LogP contribution in [0.2, 0.25) is 0 Å². The molecular formula is C8H15NO6. The van der Waals surface area contributed by atoms with Crippen molar-refractivity contribution in [1.82, 2.24) is 0 Å². The largest absolute Gasteiger partial charge is 0.480 e. The van der Waals surface area contributed by atoms with Crippen LogP contribution in [0.25, 0.3) is 0 Å². The highest BCUT2D eigenvalue weighted by atomic mass is 16.7. The van der Waals surface area contributed by atoms with Crippen molar-refractivity contribution in [1.29, 1.82) is 0 Å². The van der Waals surface area contributed by atoms with Crippen LogP contribution in [0.1, 0.15) is 6.92 Å². The fourth-order valence-electron chi connectivity index (χ4n) is 1.46. The van der Waals surface area contributed by atoms with E-state index < -0.39 is 36.1 Å². The third-order valence-corrected chi connectivity index (χ3v) is 2.50. The van der Waals surface area contributed by atoms with E-state index in [1.165, 1.54) is 14.0 Å². The lowest BCUT2D eigenvalue weighted by Gasteiger charge is -2.28. The van der Waals surface area contributed by atoms with E-state index in [4.69, 9.17) is 20.3 Å². The Morgan fingerprint density at radius 2 is 2.00 bits per heavy atom. The maximum atomic E-state index is 10.8. The molecule has 1 saturated heterocycles. The number of nitrogens with two attached hydrogens (primary N) is 1. The number of hydrogen-bond donors (Lipinski definition) is 4. The molecule has 0 amide bonds. The van der Waals surface area contributed by atoms with Gasteiger partial charge in [0.25, 0.3) is 0 Å². The van der Waals surface area contributed by atoms with Gasteiger partial charge in [0.15, 0.2) is 6.29 Å². The van der Waals surface area contributed by atoms with E-state index in [1.54, 1.807) is 0 Å². The van der Waals surface area contributed by atoms with Crippen LogP contribution in [0.15, 0.2) is 0 Å². The molecule has 7 heteroatoms. The molecule has 88 valence electrons. The van der Waals surface area contributed by atoms with Crippen molar-refractivity contribution in [3.63, 3.8) is 0 Å². The molecule has 0 spiro atoms. The summed E-state index contributed by atoms with van der Waals surface area (Å²) in [6.07, 6.45) is -4.97. The van der Waals surface area contributed by atoms with E-state index in [1.807, 2.05) is 0 Å². The highest BCUT2D eigenvalue weighted by molar-refractivity contribution is 5.79. The molecule has 0 aromatic heterocycles. The highest BCUT2D eigenvalue weighted by Crippen LogP contribution is 2.28. The molecule has 0 aromatic rings. The predicted octanol–water partition coefficient (Wildman–Crippen LogP) is -2.12. The minimum absolute atomic E-state index is 1.06. The van der Waals surface area contributed by atoms with Crippen LogP contribution in [0.5, 0.6) is 0 Å². The summed E-state index contributed by atoms with van der Waals surface area (Å²) in [4.78, 5) is 10.8. The van der Waals surface area contributed by atoms with Gasteiger partial charge in [-0.1, -0.05) is 0 Å². The maximum absolute atomic E-state index is 10.8. The van der Waals surface area contributed by atoms with Gasteiger partial charge in [0.05, 0.1) is 0 Å². The first-order valence-corrected chi connectivity index (χ1v) is 4.39. The molecule has 1 aliphatic rings. The summed E-state index contributed by atoms with van der Waals surface area (Å²) in [5.41, 5.74) is 3.70. The average Bonchev–Trinajstić information content (AvgIpc) is 2.44. The average molecular weight is 221 g/mol. The number of aliphatic hydroxyl groups is 2. The van der Waals surface area contributed by atoms with Gasteiger partial charge < -0.3 is 30.5 Å². The number of carboxylic acid groups (broad SMARTS) is 1. The summed E-state index contributed by atoms with van der Waals surface area (Å²) in [5.74, 6) is -1.32. The van der Waals surface area contributed by atoms with Gasteiger partial charge in [-0.05, 0) is 6.92 Å². The normalized spacial score (nSPS) is 40.1. The molecule has 15 heavy (non-hydrogen) atoms. The van der Waals surface area contributed by atoms with Crippen molar-refractivity contribution in [2.45, 2.75) is 37.1 Å². The smallest absolute Gasteiger partial charge is 0.326 e. The van der Waals surface area contributed by atoms with Crippen LogP contribution in [0.4, 0.5) is 0 Å². The lowest BCUT2D eigenvalue weighted by Crippen LogP contribution is -2.59. The number of carboxylic acids is 1. The van der Waals surface area contributed by atoms with Crippen LogP contribution in [-0.2, 0) is 14.3 Å². The number of aliphatic carboxylic acids is 1. The predicted molar refractivity (Wildman–Crippen MR) is 47.9 cm³/mol. The van der Waals surface area contributed by atoms with Gasteiger partial charge in [-0.15, -0.1) is 0 Å². The van der Waals surface area contributed by atoms with Crippen LogP contribution in [0, 0.1) is 0 Å².